The molecule has 0 radical (unpaired) electrons. The van der Waals surface area contributed by atoms with E-state index in [2.05, 4.69) is 0 Å². The first kappa shape index (κ1) is 17.9. The van der Waals surface area contributed by atoms with E-state index in [-0.39, 0.29) is 17.3 Å². The normalized spacial score (nSPS) is 25.0. The number of hydrogen-bond donors (Lipinski definition) is 0. The molecule has 0 aromatic heterocycles. The summed E-state index contributed by atoms with van der Waals surface area (Å²) in [5.74, 6) is 0.879. The fourth-order valence-electron chi connectivity index (χ4n) is 4.65. The van der Waals surface area contributed by atoms with Gasteiger partial charge in [0.2, 0.25) is 5.91 Å². The molecule has 142 valence electrons. The van der Waals surface area contributed by atoms with Gasteiger partial charge in [-0.25, -0.2) is 4.39 Å². The third-order valence-corrected chi connectivity index (χ3v) is 6.09. The standard InChI is InChI=1S/C21H28FNO3/c22-19-7-3-4-16(10-19)12-25-9-8-17-11-21(26-13-17)14-23(15-21)20(24)18-5-1-2-6-18/h3-4,7,10,17-18H,1-2,5-6,8-9,11-15H2. The third-order valence-electron chi connectivity index (χ3n) is 6.09. The van der Waals surface area contributed by atoms with Crippen LogP contribution in [-0.2, 0) is 20.9 Å². The molecule has 1 aromatic rings. The quantitative estimate of drug-likeness (QED) is 0.728. The molecule has 1 amide bonds. The van der Waals surface area contributed by atoms with Gasteiger partial charge in [0.15, 0.2) is 0 Å². The Labute approximate surface area is 154 Å². The maximum absolute atomic E-state index is 13.1. The Morgan fingerprint density at radius 1 is 1.31 bits per heavy atom. The molecule has 2 aliphatic heterocycles. The van der Waals surface area contributed by atoms with Crippen molar-refractivity contribution in [3.05, 3.63) is 35.6 Å². The number of carbonyl (C=O) groups excluding carboxylic acids is 1. The van der Waals surface area contributed by atoms with Crippen LogP contribution >= 0.6 is 0 Å². The highest BCUT2D eigenvalue weighted by Crippen LogP contribution is 2.40. The van der Waals surface area contributed by atoms with Crippen LogP contribution in [0.15, 0.2) is 24.3 Å². The molecule has 26 heavy (non-hydrogen) atoms. The molecule has 4 nitrogen and oxygen atoms in total. The molecule has 2 saturated heterocycles. The van der Waals surface area contributed by atoms with Gasteiger partial charge in [0.1, 0.15) is 11.4 Å². The molecule has 1 spiro atoms. The summed E-state index contributed by atoms with van der Waals surface area (Å²) < 4.78 is 24.9. The fourth-order valence-corrected chi connectivity index (χ4v) is 4.65. The Morgan fingerprint density at radius 2 is 2.12 bits per heavy atom. The summed E-state index contributed by atoms with van der Waals surface area (Å²) in [6.07, 6.45) is 6.49. The van der Waals surface area contributed by atoms with E-state index >= 15 is 0 Å². The van der Waals surface area contributed by atoms with E-state index < -0.39 is 0 Å². The first-order valence-corrected chi connectivity index (χ1v) is 9.88. The highest BCUT2D eigenvalue weighted by molar-refractivity contribution is 5.80. The van der Waals surface area contributed by atoms with Gasteiger partial charge in [-0.1, -0.05) is 25.0 Å². The summed E-state index contributed by atoms with van der Waals surface area (Å²) in [7, 11) is 0. The smallest absolute Gasteiger partial charge is 0.225 e. The van der Waals surface area contributed by atoms with Crippen LogP contribution in [0.3, 0.4) is 0 Å². The number of halogens is 1. The van der Waals surface area contributed by atoms with Gasteiger partial charge in [0.05, 0.1) is 26.3 Å². The molecular formula is C21H28FNO3. The second kappa shape index (κ2) is 7.65. The van der Waals surface area contributed by atoms with E-state index in [0.29, 0.717) is 25.0 Å². The molecule has 3 fully saturated rings. The highest BCUT2D eigenvalue weighted by atomic mass is 19.1. The largest absolute Gasteiger partial charge is 0.377 e. The maximum atomic E-state index is 13.1. The summed E-state index contributed by atoms with van der Waals surface area (Å²) in [4.78, 5) is 14.4. The van der Waals surface area contributed by atoms with E-state index in [9.17, 15) is 9.18 Å². The predicted molar refractivity (Wildman–Crippen MR) is 96.0 cm³/mol. The lowest BCUT2D eigenvalue weighted by atomic mass is 9.85. The molecule has 1 saturated carbocycles. The minimum atomic E-state index is -0.223. The molecule has 1 aliphatic carbocycles. The van der Waals surface area contributed by atoms with E-state index in [1.54, 1.807) is 6.07 Å². The molecule has 4 rings (SSSR count). The van der Waals surface area contributed by atoms with Gasteiger partial charge >= 0.3 is 0 Å². The molecule has 0 bridgehead atoms. The van der Waals surface area contributed by atoms with Crippen molar-refractivity contribution in [3.63, 3.8) is 0 Å². The van der Waals surface area contributed by atoms with Crippen molar-refractivity contribution in [2.24, 2.45) is 11.8 Å². The van der Waals surface area contributed by atoms with Gasteiger partial charge in [-0.3, -0.25) is 4.79 Å². The molecular weight excluding hydrogens is 333 g/mol. The Kier molecular flexibility index (Phi) is 5.28. The number of nitrogens with zero attached hydrogens (tertiary/aromatic N) is 1. The minimum Gasteiger partial charge on any atom is -0.377 e. The van der Waals surface area contributed by atoms with Gasteiger partial charge in [-0.2, -0.15) is 0 Å². The van der Waals surface area contributed by atoms with Crippen molar-refractivity contribution < 1.29 is 18.7 Å². The van der Waals surface area contributed by atoms with Crippen LogP contribution < -0.4 is 0 Å². The van der Waals surface area contributed by atoms with E-state index in [1.165, 1.54) is 25.0 Å². The molecule has 2 heterocycles. The van der Waals surface area contributed by atoms with Crippen molar-refractivity contribution in [2.75, 3.05) is 26.3 Å². The summed E-state index contributed by atoms with van der Waals surface area (Å²) in [5.41, 5.74) is 0.769. The van der Waals surface area contributed by atoms with Crippen LogP contribution in [0.25, 0.3) is 0 Å². The Morgan fingerprint density at radius 3 is 2.88 bits per heavy atom. The lowest BCUT2D eigenvalue weighted by Crippen LogP contribution is -2.64. The zero-order valence-corrected chi connectivity index (χ0v) is 15.3. The van der Waals surface area contributed by atoms with Crippen LogP contribution in [0.2, 0.25) is 0 Å². The number of likely N-dealkylation sites (tertiary alicyclic amines) is 1. The zero-order chi connectivity index (χ0) is 18.0. The second-order valence-corrected chi connectivity index (χ2v) is 8.21. The monoisotopic (exact) mass is 361 g/mol. The first-order chi connectivity index (χ1) is 12.6. The number of hydrogen-bond acceptors (Lipinski definition) is 3. The summed E-state index contributed by atoms with van der Waals surface area (Å²) in [6.45, 7) is 3.40. The average Bonchev–Trinajstić information content (AvgIpc) is 3.27. The molecule has 1 aromatic carbocycles. The van der Waals surface area contributed by atoms with Crippen molar-refractivity contribution >= 4 is 5.91 Å². The topological polar surface area (TPSA) is 38.8 Å². The number of ether oxygens (including phenoxy) is 2. The minimum absolute atomic E-state index is 0.0957. The van der Waals surface area contributed by atoms with Gasteiger partial charge in [-0.05, 0) is 49.3 Å². The van der Waals surface area contributed by atoms with E-state index in [4.69, 9.17) is 9.47 Å². The summed E-state index contributed by atoms with van der Waals surface area (Å²) in [6, 6.07) is 6.54. The van der Waals surface area contributed by atoms with E-state index in [0.717, 1.165) is 50.9 Å². The lowest BCUT2D eigenvalue weighted by molar-refractivity contribution is -0.161. The van der Waals surface area contributed by atoms with Crippen LogP contribution in [0.1, 0.15) is 44.1 Å². The van der Waals surface area contributed by atoms with Crippen molar-refractivity contribution in [2.45, 2.75) is 50.7 Å². The van der Waals surface area contributed by atoms with Crippen molar-refractivity contribution in [1.82, 2.24) is 4.90 Å². The number of rotatable bonds is 6. The molecule has 0 N–H and O–H groups in total. The zero-order valence-electron chi connectivity index (χ0n) is 15.3. The number of amides is 1. The van der Waals surface area contributed by atoms with Gasteiger partial charge < -0.3 is 14.4 Å². The average molecular weight is 361 g/mol. The number of benzene rings is 1. The van der Waals surface area contributed by atoms with Crippen molar-refractivity contribution in [1.29, 1.82) is 0 Å². The third kappa shape index (κ3) is 3.94. The predicted octanol–water partition coefficient (Wildman–Crippen LogP) is 3.54. The van der Waals surface area contributed by atoms with Gasteiger partial charge in [-0.15, -0.1) is 0 Å². The Hall–Kier alpha value is -1.46. The van der Waals surface area contributed by atoms with Crippen LogP contribution in [0.4, 0.5) is 4.39 Å². The van der Waals surface area contributed by atoms with Crippen LogP contribution in [0, 0.1) is 17.7 Å². The first-order valence-electron chi connectivity index (χ1n) is 9.88. The van der Waals surface area contributed by atoms with Crippen LogP contribution in [0.5, 0.6) is 0 Å². The molecule has 1 unspecified atom stereocenters. The lowest BCUT2D eigenvalue weighted by Gasteiger charge is -2.48. The second-order valence-electron chi connectivity index (χ2n) is 8.21. The van der Waals surface area contributed by atoms with E-state index in [1.807, 2.05) is 11.0 Å². The SMILES string of the molecule is O=C(C1CCCC1)N1CC2(CC(CCOCc3cccc(F)c3)CO2)C1. The summed E-state index contributed by atoms with van der Waals surface area (Å²) >= 11 is 0. The molecule has 3 aliphatic rings. The van der Waals surface area contributed by atoms with Gasteiger partial charge in [0.25, 0.3) is 0 Å². The van der Waals surface area contributed by atoms with Crippen molar-refractivity contribution in [3.8, 4) is 0 Å². The molecule has 1 atom stereocenters. The molecule has 5 heteroatoms. The highest BCUT2D eigenvalue weighted by Gasteiger charge is 2.51. The van der Waals surface area contributed by atoms with Gasteiger partial charge in [0, 0.05) is 12.5 Å². The fraction of sp³-hybridized carbons (Fsp3) is 0.667. The Bertz CT molecular complexity index is 638. The number of carbonyl (C=O) groups is 1. The van der Waals surface area contributed by atoms with Crippen LogP contribution in [-0.4, -0.2) is 42.7 Å². The summed E-state index contributed by atoms with van der Waals surface area (Å²) in [5, 5.41) is 0. The maximum Gasteiger partial charge on any atom is 0.225 e. The Balaban J connectivity index is 1.15.